The smallest absolute Gasteiger partial charge is 0.243 e. The molecule has 0 aromatic heterocycles. The maximum absolute atomic E-state index is 12.7. The molecular weight excluding hydrogens is 290 g/mol. The van der Waals surface area contributed by atoms with Gasteiger partial charge in [-0.3, -0.25) is 4.79 Å². The summed E-state index contributed by atoms with van der Waals surface area (Å²) in [6.07, 6.45) is 1.42. The molecule has 0 aliphatic rings. The second kappa shape index (κ2) is 7.20. The van der Waals surface area contributed by atoms with Gasteiger partial charge in [-0.25, -0.2) is 8.42 Å². The van der Waals surface area contributed by atoms with Gasteiger partial charge in [0.1, 0.15) is 0 Å². The fourth-order valence-electron chi connectivity index (χ4n) is 1.88. The van der Waals surface area contributed by atoms with E-state index in [0.29, 0.717) is 12.0 Å². The molecule has 0 heterocycles. The molecule has 7 heteroatoms. The molecule has 1 aromatic rings. The summed E-state index contributed by atoms with van der Waals surface area (Å²) in [6.45, 7) is 3.43. The second-order valence-corrected chi connectivity index (χ2v) is 6.66. The van der Waals surface area contributed by atoms with Crippen molar-refractivity contribution in [3.63, 3.8) is 0 Å². The van der Waals surface area contributed by atoms with Crippen LogP contribution in [-0.4, -0.2) is 31.7 Å². The Morgan fingerprint density at radius 3 is 2.62 bits per heavy atom. The zero-order chi connectivity index (χ0) is 16.0. The second-order valence-electron chi connectivity index (χ2n) is 4.75. The minimum absolute atomic E-state index is 0.0407. The lowest BCUT2D eigenvalue weighted by Gasteiger charge is -2.21. The Morgan fingerprint density at radius 1 is 1.43 bits per heavy atom. The number of sulfonamides is 1. The minimum Gasteiger partial charge on any atom is -0.369 e. The summed E-state index contributed by atoms with van der Waals surface area (Å²) < 4.78 is 26.4. The van der Waals surface area contributed by atoms with Crippen LogP contribution >= 0.6 is 0 Å². The molecule has 0 bridgehead atoms. The number of nitriles is 1. The summed E-state index contributed by atoms with van der Waals surface area (Å²) in [5, 5.41) is 8.91. The fraction of sp³-hybridized carbons (Fsp3) is 0.429. The summed E-state index contributed by atoms with van der Waals surface area (Å²) in [4.78, 5) is 11.2. The predicted molar refractivity (Wildman–Crippen MR) is 78.8 cm³/mol. The Hall–Kier alpha value is -1.91. The van der Waals surface area contributed by atoms with Gasteiger partial charge in [-0.15, -0.1) is 0 Å². The van der Waals surface area contributed by atoms with Crippen molar-refractivity contribution in [2.45, 2.75) is 31.6 Å². The number of unbranched alkanes of at least 4 members (excludes halogenated alkanes) is 1. The van der Waals surface area contributed by atoms with Crippen LogP contribution in [0.1, 0.15) is 30.9 Å². The molecule has 0 unspecified atom stereocenters. The number of hydrogen-bond acceptors (Lipinski definition) is 4. The quantitative estimate of drug-likeness (QED) is 0.815. The topological polar surface area (TPSA) is 104 Å². The molecule has 0 aliphatic carbocycles. The third-order valence-electron chi connectivity index (χ3n) is 3.03. The van der Waals surface area contributed by atoms with Crippen LogP contribution in [0.5, 0.6) is 0 Å². The van der Waals surface area contributed by atoms with Crippen molar-refractivity contribution in [2.75, 3.05) is 13.1 Å². The van der Waals surface area contributed by atoms with Crippen LogP contribution in [0.3, 0.4) is 0 Å². The maximum Gasteiger partial charge on any atom is 0.243 e. The summed E-state index contributed by atoms with van der Waals surface area (Å²) in [7, 11) is -3.85. The first kappa shape index (κ1) is 17.1. The molecule has 21 heavy (non-hydrogen) atoms. The van der Waals surface area contributed by atoms with Gasteiger partial charge in [0.2, 0.25) is 15.9 Å². The van der Waals surface area contributed by atoms with Gasteiger partial charge in [0.05, 0.1) is 23.1 Å². The highest BCUT2D eigenvalue weighted by Gasteiger charge is 2.27. The SMILES string of the molecule is CCCCN(CC(N)=O)S(=O)(=O)c1cc(C#N)ccc1C. The molecule has 0 fully saturated rings. The summed E-state index contributed by atoms with van der Waals surface area (Å²) >= 11 is 0. The lowest BCUT2D eigenvalue weighted by molar-refractivity contribution is -0.118. The lowest BCUT2D eigenvalue weighted by Crippen LogP contribution is -2.39. The van der Waals surface area contributed by atoms with E-state index in [1.54, 1.807) is 19.1 Å². The summed E-state index contributed by atoms with van der Waals surface area (Å²) in [5.74, 6) is -0.705. The average molecular weight is 309 g/mol. The number of amides is 1. The predicted octanol–water partition coefficient (Wildman–Crippen LogP) is 1.14. The molecule has 0 saturated carbocycles. The number of rotatable bonds is 7. The van der Waals surface area contributed by atoms with Crippen LogP contribution < -0.4 is 5.73 Å². The van der Waals surface area contributed by atoms with E-state index in [2.05, 4.69) is 0 Å². The minimum atomic E-state index is -3.85. The fourth-order valence-corrected chi connectivity index (χ4v) is 3.57. The van der Waals surface area contributed by atoms with Crippen molar-refractivity contribution in [2.24, 2.45) is 5.73 Å². The number of hydrogen-bond donors (Lipinski definition) is 1. The zero-order valence-corrected chi connectivity index (χ0v) is 13.0. The normalized spacial score (nSPS) is 11.3. The first-order valence-electron chi connectivity index (χ1n) is 6.62. The van der Waals surface area contributed by atoms with Crippen LogP contribution in [0.2, 0.25) is 0 Å². The summed E-state index contributed by atoms with van der Waals surface area (Å²) in [6, 6.07) is 6.37. The molecule has 0 aliphatic heterocycles. The van der Waals surface area contributed by atoms with Gasteiger partial charge in [-0.1, -0.05) is 19.4 Å². The van der Waals surface area contributed by atoms with Gasteiger partial charge in [0.25, 0.3) is 0 Å². The van der Waals surface area contributed by atoms with E-state index in [0.717, 1.165) is 10.7 Å². The Kier molecular flexibility index (Phi) is 5.88. The van der Waals surface area contributed by atoms with E-state index in [-0.39, 0.29) is 23.5 Å². The van der Waals surface area contributed by atoms with Gasteiger partial charge in [0.15, 0.2) is 0 Å². The van der Waals surface area contributed by atoms with E-state index >= 15 is 0 Å². The first-order valence-corrected chi connectivity index (χ1v) is 8.06. The third kappa shape index (κ3) is 4.28. The van der Waals surface area contributed by atoms with Gasteiger partial charge in [-0.2, -0.15) is 9.57 Å². The van der Waals surface area contributed by atoms with Crippen molar-refractivity contribution in [1.82, 2.24) is 4.31 Å². The third-order valence-corrected chi connectivity index (χ3v) is 5.02. The number of nitrogens with two attached hydrogens (primary N) is 1. The molecule has 114 valence electrons. The van der Waals surface area contributed by atoms with Crippen LogP contribution in [0.15, 0.2) is 23.1 Å². The largest absolute Gasteiger partial charge is 0.369 e. The number of carbonyl (C=O) groups is 1. The van der Waals surface area contributed by atoms with Gasteiger partial charge in [-0.05, 0) is 31.0 Å². The highest BCUT2D eigenvalue weighted by atomic mass is 32.2. The monoisotopic (exact) mass is 309 g/mol. The van der Waals surface area contributed by atoms with E-state index in [9.17, 15) is 13.2 Å². The molecule has 0 atom stereocenters. The molecule has 2 N–H and O–H groups in total. The Morgan fingerprint density at radius 2 is 2.10 bits per heavy atom. The molecule has 1 aromatic carbocycles. The van der Waals surface area contributed by atoms with Gasteiger partial charge < -0.3 is 5.73 Å². The van der Waals surface area contributed by atoms with E-state index < -0.39 is 15.9 Å². The van der Waals surface area contributed by atoms with Crippen LogP contribution in [-0.2, 0) is 14.8 Å². The lowest BCUT2D eigenvalue weighted by atomic mass is 10.2. The Labute approximate surface area is 125 Å². The molecule has 1 rings (SSSR count). The molecular formula is C14H19N3O3S. The van der Waals surface area contributed by atoms with Crippen molar-refractivity contribution in [1.29, 1.82) is 5.26 Å². The molecule has 0 radical (unpaired) electrons. The number of aryl methyl sites for hydroxylation is 1. The molecule has 0 saturated heterocycles. The first-order chi connectivity index (χ1) is 9.82. The Bertz CT molecular complexity index is 663. The maximum atomic E-state index is 12.7. The number of primary amides is 1. The van der Waals surface area contributed by atoms with Crippen molar-refractivity contribution < 1.29 is 13.2 Å². The average Bonchev–Trinajstić information content (AvgIpc) is 2.43. The van der Waals surface area contributed by atoms with Crippen LogP contribution in [0.4, 0.5) is 0 Å². The van der Waals surface area contributed by atoms with Crippen molar-refractivity contribution >= 4 is 15.9 Å². The molecule has 1 amide bonds. The highest BCUT2D eigenvalue weighted by molar-refractivity contribution is 7.89. The van der Waals surface area contributed by atoms with Crippen molar-refractivity contribution in [3.8, 4) is 6.07 Å². The van der Waals surface area contributed by atoms with Crippen molar-refractivity contribution in [3.05, 3.63) is 29.3 Å². The zero-order valence-electron chi connectivity index (χ0n) is 12.2. The van der Waals surface area contributed by atoms with Gasteiger partial charge in [0, 0.05) is 6.54 Å². The molecule has 6 nitrogen and oxygen atoms in total. The van der Waals surface area contributed by atoms with Crippen LogP contribution in [0, 0.1) is 18.3 Å². The van der Waals surface area contributed by atoms with Crippen LogP contribution in [0.25, 0.3) is 0 Å². The number of carbonyl (C=O) groups excluding carboxylic acids is 1. The number of benzene rings is 1. The standard InChI is InChI=1S/C14H19N3O3S/c1-3-4-7-17(10-14(16)18)21(19,20)13-8-12(9-15)6-5-11(13)2/h5-6,8H,3-4,7,10H2,1-2H3,(H2,16,18). The molecule has 0 spiro atoms. The van der Waals surface area contributed by atoms with E-state index in [4.69, 9.17) is 11.0 Å². The number of nitrogens with zero attached hydrogens (tertiary/aromatic N) is 2. The summed E-state index contributed by atoms with van der Waals surface area (Å²) in [5.41, 5.74) is 5.92. The highest BCUT2D eigenvalue weighted by Crippen LogP contribution is 2.21. The van der Waals surface area contributed by atoms with Gasteiger partial charge >= 0.3 is 0 Å². The Balaban J connectivity index is 3.27. The van der Waals surface area contributed by atoms with E-state index in [1.807, 2.05) is 13.0 Å². The van der Waals surface area contributed by atoms with E-state index in [1.165, 1.54) is 6.07 Å².